The SMILES string of the molecule is CC1CCS(=O)CC(=NC2CCOCC2)NC(Cl)=N1. The van der Waals surface area contributed by atoms with E-state index in [0.29, 0.717) is 22.6 Å². The summed E-state index contributed by atoms with van der Waals surface area (Å²) in [5.41, 5.74) is 0. The summed E-state index contributed by atoms with van der Waals surface area (Å²) in [7, 11) is -0.906. The van der Waals surface area contributed by atoms with E-state index < -0.39 is 10.8 Å². The fourth-order valence-corrected chi connectivity index (χ4v) is 3.55. The molecule has 19 heavy (non-hydrogen) atoms. The first-order valence-corrected chi connectivity index (χ1v) is 8.50. The number of nitrogens with one attached hydrogen (secondary N) is 1. The number of aliphatic imine (C=N–C) groups is 2. The smallest absolute Gasteiger partial charge is 0.196 e. The Labute approximate surface area is 121 Å². The highest BCUT2D eigenvalue weighted by Crippen LogP contribution is 2.11. The van der Waals surface area contributed by atoms with Crippen molar-refractivity contribution in [3.8, 4) is 0 Å². The minimum Gasteiger partial charge on any atom is -0.381 e. The summed E-state index contributed by atoms with van der Waals surface area (Å²) in [6.07, 6.45) is 2.60. The lowest BCUT2D eigenvalue weighted by Crippen LogP contribution is -2.34. The van der Waals surface area contributed by atoms with Gasteiger partial charge in [0.25, 0.3) is 0 Å². The van der Waals surface area contributed by atoms with Crippen molar-refractivity contribution in [1.29, 1.82) is 0 Å². The highest BCUT2D eigenvalue weighted by molar-refractivity contribution is 7.85. The van der Waals surface area contributed by atoms with Gasteiger partial charge in [-0.25, -0.2) is 0 Å². The van der Waals surface area contributed by atoms with E-state index in [2.05, 4.69) is 15.3 Å². The minimum absolute atomic E-state index is 0.0892. The molecular weight excluding hydrogens is 286 g/mol. The molecule has 0 radical (unpaired) electrons. The Morgan fingerprint density at radius 2 is 2.16 bits per heavy atom. The molecule has 0 saturated carbocycles. The van der Waals surface area contributed by atoms with Gasteiger partial charge in [0.15, 0.2) is 5.29 Å². The molecular formula is C12H20ClN3O2S. The third-order valence-electron chi connectivity index (χ3n) is 3.17. The largest absolute Gasteiger partial charge is 0.381 e. The molecule has 0 aromatic heterocycles. The lowest BCUT2D eigenvalue weighted by molar-refractivity contribution is 0.0870. The number of ether oxygens (including phenoxy) is 1. The zero-order valence-corrected chi connectivity index (χ0v) is 12.7. The molecule has 0 amide bonds. The minimum atomic E-state index is -0.906. The van der Waals surface area contributed by atoms with Gasteiger partial charge < -0.3 is 10.1 Å². The maximum atomic E-state index is 12.0. The summed E-state index contributed by atoms with van der Waals surface area (Å²) in [4.78, 5) is 8.94. The normalized spacial score (nSPS) is 32.9. The highest BCUT2D eigenvalue weighted by Gasteiger charge is 2.17. The highest BCUT2D eigenvalue weighted by atomic mass is 35.5. The molecule has 2 aliphatic heterocycles. The maximum absolute atomic E-state index is 12.0. The van der Waals surface area contributed by atoms with E-state index >= 15 is 0 Å². The Balaban J connectivity index is 2.09. The van der Waals surface area contributed by atoms with Crippen LogP contribution in [0.3, 0.4) is 0 Å². The van der Waals surface area contributed by atoms with Crippen LogP contribution in [0.4, 0.5) is 0 Å². The van der Waals surface area contributed by atoms with Crippen LogP contribution in [-0.2, 0) is 15.5 Å². The van der Waals surface area contributed by atoms with Crippen LogP contribution >= 0.6 is 11.6 Å². The molecule has 2 heterocycles. The van der Waals surface area contributed by atoms with E-state index in [4.69, 9.17) is 16.3 Å². The van der Waals surface area contributed by atoms with Crippen molar-refractivity contribution in [2.75, 3.05) is 24.7 Å². The molecule has 2 unspecified atom stereocenters. The molecule has 2 aliphatic rings. The molecule has 1 saturated heterocycles. The number of hydrogen-bond donors (Lipinski definition) is 1. The second-order valence-electron chi connectivity index (χ2n) is 4.89. The van der Waals surface area contributed by atoms with Gasteiger partial charge in [0.1, 0.15) is 5.84 Å². The first kappa shape index (κ1) is 14.9. The Kier molecular flexibility index (Phi) is 5.78. The monoisotopic (exact) mass is 305 g/mol. The average molecular weight is 306 g/mol. The predicted molar refractivity (Wildman–Crippen MR) is 79.7 cm³/mol. The van der Waals surface area contributed by atoms with Crippen LogP contribution in [0.15, 0.2) is 9.98 Å². The molecule has 5 nitrogen and oxygen atoms in total. The number of amidine groups is 2. The Morgan fingerprint density at radius 3 is 2.89 bits per heavy atom. The quantitative estimate of drug-likeness (QED) is 0.743. The van der Waals surface area contributed by atoms with Gasteiger partial charge >= 0.3 is 0 Å². The van der Waals surface area contributed by atoms with E-state index in [1.54, 1.807) is 0 Å². The molecule has 2 rings (SSSR count). The second-order valence-corrected chi connectivity index (χ2v) is 6.82. The molecule has 1 fully saturated rings. The summed E-state index contributed by atoms with van der Waals surface area (Å²) in [5.74, 6) is 1.76. The van der Waals surface area contributed by atoms with Gasteiger partial charge in [-0.15, -0.1) is 0 Å². The molecule has 0 aromatic carbocycles. The first-order valence-electron chi connectivity index (χ1n) is 6.63. The van der Waals surface area contributed by atoms with Crippen molar-refractivity contribution in [2.45, 2.75) is 38.3 Å². The Morgan fingerprint density at radius 1 is 1.42 bits per heavy atom. The van der Waals surface area contributed by atoms with Crippen molar-refractivity contribution >= 4 is 33.5 Å². The van der Waals surface area contributed by atoms with Crippen molar-refractivity contribution in [1.82, 2.24) is 5.32 Å². The first-order chi connectivity index (χ1) is 9.13. The zero-order valence-electron chi connectivity index (χ0n) is 11.1. The summed E-state index contributed by atoms with van der Waals surface area (Å²) in [6, 6.07) is 0.322. The number of nitrogens with zero attached hydrogens (tertiary/aromatic N) is 2. The standard InChI is InChI=1S/C12H20ClN3O2S/c1-9-4-7-19(17)8-11(16-12(13)14-9)15-10-2-5-18-6-3-10/h9-10H,2-8H2,1H3,(H,14,15,16). The van der Waals surface area contributed by atoms with Crippen molar-refractivity contribution in [3.05, 3.63) is 0 Å². The van der Waals surface area contributed by atoms with Crippen LogP contribution in [0.2, 0.25) is 0 Å². The zero-order chi connectivity index (χ0) is 13.7. The predicted octanol–water partition coefficient (Wildman–Crippen LogP) is 1.29. The van der Waals surface area contributed by atoms with Crippen LogP contribution in [0.1, 0.15) is 26.2 Å². The lowest BCUT2D eigenvalue weighted by atomic mass is 10.1. The summed E-state index contributed by atoms with van der Waals surface area (Å²) in [6.45, 7) is 3.45. The fourth-order valence-electron chi connectivity index (χ4n) is 2.08. The van der Waals surface area contributed by atoms with Crippen LogP contribution in [0, 0.1) is 0 Å². The third-order valence-corrected chi connectivity index (χ3v) is 4.65. The Bertz CT molecular complexity index is 394. The number of rotatable bonds is 1. The van der Waals surface area contributed by atoms with E-state index in [1.165, 1.54) is 0 Å². The van der Waals surface area contributed by atoms with Gasteiger partial charge in [-0.05, 0) is 37.8 Å². The topological polar surface area (TPSA) is 63.0 Å². The average Bonchev–Trinajstić information content (AvgIpc) is 2.41. The maximum Gasteiger partial charge on any atom is 0.196 e. The molecule has 0 spiro atoms. The van der Waals surface area contributed by atoms with E-state index in [-0.39, 0.29) is 12.1 Å². The van der Waals surface area contributed by atoms with Crippen LogP contribution in [0.25, 0.3) is 0 Å². The molecule has 7 heteroatoms. The van der Waals surface area contributed by atoms with Crippen LogP contribution in [0.5, 0.6) is 0 Å². The van der Waals surface area contributed by atoms with Crippen molar-refractivity contribution in [3.63, 3.8) is 0 Å². The summed E-state index contributed by atoms with van der Waals surface area (Å²) in [5, 5.41) is 3.34. The summed E-state index contributed by atoms with van der Waals surface area (Å²) < 4.78 is 17.3. The van der Waals surface area contributed by atoms with Gasteiger partial charge in [-0.2, -0.15) is 0 Å². The van der Waals surface area contributed by atoms with Gasteiger partial charge in [0.2, 0.25) is 0 Å². The third kappa shape index (κ3) is 5.20. The van der Waals surface area contributed by atoms with Crippen molar-refractivity contribution < 1.29 is 8.95 Å². The molecule has 0 aliphatic carbocycles. The van der Waals surface area contributed by atoms with E-state index in [9.17, 15) is 4.21 Å². The fraction of sp³-hybridized carbons (Fsp3) is 0.833. The van der Waals surface area contributed by atoms with Gasteiger partial charge in [0.05, 0.1) is 17.8 Å². The van der Waals surface area contributed by atoms with Crippen LogP contribution in [-0.4, -0.2) is 52.1 Å². The molecule has 0 aromatic rings. The van der Waals surface area contributed by atoms with Gasteiger partial charge in [-0.3, -0.25) is 14.2 Å². The number of hydrogen-bond acceptors (Lipinski definition) is 4. The van der Waals surface area contributed by atoms with Gasteiger partial charge in [0, 0.05) is 29.8 Å². The van der Waals surface area contributed by atoms with Gasteiger partial charge in [-0.1, -0.05) is 0 Å². The molecule has 2 atom stereocenters. The van der Waals surface area contributed by atoms with E-state index in [1.807, 2.05) is 6.92 Å². The summed E-state index contributed by atoms with van der Waals surface area (Å²) >= 11 is 6.06. The second kappa shape index (κ2) is 7.36. The van der Waals surface area contributed by atoms with Crippen molar-refractivity contribution in [2.24, 2.45) is 9.98 Å². The van der Waals surface area contributed by atoms with Crippen LogP contribution < -0.4 is 5.32 Å². The lowest BCUT2D eigenvalue weighted by Gasteiger charge is -2.20. The molecule has 108 valence electrons. The number of halogens is 1. The van der Waals surface area contributed by atoms with E-state index in [0.717, 1.165) is 32.5 Å². The Hall–Kier alpha value is -0.460. The molecule has 1 N–H and O–H groups in total. The molecule has 0 bridgehead atoms.